The highest BCUT2D eigenvalue weighted by Gasteiger charge is 2.16. The Kier molecular flexibility index (Phi) is 6.22. The molecule has 1 aromatic carbocycles. The van der Waals surface area contributed by atoms with Crippen LogP contribution >= 0.6 is 0 Å². The average Bonchev–Trinajstić information content (AvgIpc) is 3.32. The van der Waals surface area contributed by atoms with Crippen molar-refractivity contribution in [2.24, 2.45) is 0 Å². The minimum Gasteiger partial charge on any atom is -0.378 e. The van der Waals surface area contributed by atoms with Crippen LogP contribution in [0.25, 0.3) is 5.69 Å². The van der Waals surface area contributed by atoms with Crippen LogP contribution in [0, 0.1) is 5.82 Å². The number of halogens is 1. The quantitative estimate of drug-likeness (QED) is 0.825. The molecule has 1 N–H and O–H groups in total. The minimum absolute atomic E-state index is 0.105. The third-order valence-electron chi connectivity index (χ3n) is 4.56. The van der Waals surface area contributed by atoms with Crippen molar-refractivity contribution in [3.05, 3.63) is 48.0 Å². The topological polar surface area (TPSA) is 59.4 Å². The van der Waals surface area contributed by atoms with Crippen molar-refractivity contribution >= 4 is 6.03 Å². The number of carbonyl (C=O) groups is 1. The van der Waals surface area contributed by atoms with Gasteiger partial charge in [0.1, 0.15) is 5.82 Å². The lowest BCUT2D eigenvalue weighted by Gasteiger charge is -2.18. The van der Waals surface area contributed by atoms with E-state index in [1.54, 1.807) is 35.0 Å². The number of amides is 2. The first-order valence-electron chi connectivity index (χ1n) is 9.02. The van der Waals surface area contributed by atoms with Crippen molar-refractivity contribution < 1.29 is 13.9 Å². The highest BCUT2D eigenvalue weighted by Crippen LogP contribution is 2.16. The van der Waals surface area contributed by atoms with Crippen molar-refractivity contribution in [3.8, 4) is 5.69 Å². The highest BCUT2D eigenvalue weighted by molar-refractivity contribution is 5.73. The minimum atomic E-state index is -0.282. The monoisotopic (exact) mass is 360 g/mol. The van der Waals surface area contributed by atoms with Crippen LogP contribution < -0.4 is 5.32 Å². The molecule has 0 radical (unpaired) electrons. The molecule has 1 fully saturated rings. The molecule has 1 unspecified atom stereocenters. The Hall–Kier alpha value is -2.41. The molecular formula is C19H25FN4O2. The van der Waals surface area contributed by atoms with Gasteiger partial charge in [-0.1, -0.05) is 0 Å². The van der Waals surface area contributed by atoms with Crippen LogP contribution in [0.2, 0.25) is 0 Å². The maximum atomic E-state index is 13.0. The van der Waals surface area contributed by atoms with Gasteiger partial charge in [0.25, 0.3) is 0 Å². The van der Waals surface area contributed by atoms with E-state index in [0.29, 0.717) is 19.2 Å². The Morgan fingerprint density at radius 2 is 2.23 bits per heavy atom. The van der Waals surface area contributed by atoms with E-state index in [-0.39, 0.29) is 11.8 Å². The summed E-state index contributed by atoms with van der Waals surface area (Å²) in [7, 11) is 1.80. The molecule has 1 aromatic heterocycles. The Morgan fingerprint density at radius 1 is 1.42 bits per heavy atom. The predicted molar refractivity (Wildman–Crippen MR) is 96.6 cm³/mol. The van der Waals surface area contributed by atoms with Gasteiger partial charge in [-0.05, 0) is 49.9 Å². The van der Waals surface area contributed by atoms with E-state index in [1.165, 1.54) is 12.1 Å². The second-order valence-electron chi connectivity index (χ2n) is 6.63. The van der Waals surface area contributed by atoms with Crippen molar-refractivity contribution in [2.75, 3.05) is 20.2 Å². The Morgan fingerprint density at radius 3 is 2.96 bits per heavy atom. The first-order chi connectivity index (χ1) is 12.6. The maximum absolute atomic E-state index is 13.0. The second-order valence-corrected chi connectivity index (χ2v) is 6.63. The average molecular weight is 360 g/mol. The number of hydrogen-bond donors (Lipinski definition) is 1. The summed E-state index contributed by atoms with van der Waals surface area (Å²) in [6.07, 6.45) is 8.11. The van der Waals surface area contributed by atoms with Crippen LogP contribution in [0.5, 0.6) is 0 Å². The van der Waals surface area contributed by atoms with Gasteiger partial charge in [-0.15, -0.1) is 0 Å². The fourth-order valence-electron chi connectivity index (χ4n) is 3.03. The first kappa shape index (κ1) is 18.4. The summed E-state index contributed by atoms with van der Waals surface area (Å²) >= 11 is 0. The molecule has 6 nitrogen and oxygen atoms in total. The van der Waals surface area contributed by atoms with Crippen LogP contribution in [0.3, 0.4) is 0 Å². The summed E-state index contributed by atoms with van der Waals surface area (Å²) < 4.78 is 20.2. The number of carbonyl (C=O) groups excluding carboxylic acids is 1. The molecule has 2 aromatic rings. The number of urea groups is 1. The fraction of sp³-hybridized carbons (Fsp3) is 0.474. The number of aromatic nitrogens is 2. The smallest absolute Gasteiger partial charge is 0.317 e. The number of nitrogens with one attached hydrogen (secondary N) is 1. The van der Waals surface area contributed by atoms with E-state index >= 15 is 0 Å². The first-order valence-corrected chi connectivity index (χ1v) is 9.02. The lowest BCUT2D eigenvalue weighted by Crippen LogP contribution is -2.37. The fourth-order valence-corrected chi connectivity index (χ4v) is 3.03. The maximum Gasteiger partial charge on any atom is 0.317 e. The van der Waals surface area contributed by atoms with Gasteiger partial charge in [0.15, 0.2) is 0 Å². The van der Waals surface area contributed by atoms with Gasteiger partial charge in [-0.25, -0.2) is 13.9 Å². The summed E-state index contributed by atoms with van der Waals surface area (Å²) in [5.41, 5.74) is 1.66. The molecule has 1 aliphatic rings. The molecule has 1 aliphatic heterocycles. The summed E-state index contributed by atoms with van der Waals surface area (Å²) in [5, 5.41) is 7.14. The van der Waals surface area contributed by atoms with E-state index in [1.807, 2.05) is 6.20 Å². The zero-order valence-electron chi connectivity index (χ0n) is 15.0. The summed E-state index contributed by atoms with van der Waals surface area (Å²) in [6, 6.07) is 6.00. The molecule has 0 saturated carbocycles. The SMILES string of the molecule is CN(CCCC1CCCO1)C(=O)NCc1cnn(-c2ccc(F)cc2)c1. The normalized spacial score (nSPS) is 16.6. The summed E-state index contributed by atoms with van der Waals surface area (Å²) in [4.78, 5) is 13.9. The van der Waals surface area contributed by atoms with Gasteiger partial charge >= 0.3 is 6.03 Å². The zero-order chi connectivity index (χ0) is 18.4. The number of benzene rings is 1. The van der Waals surface area contributed by atoms with Gasteiger partial charge in [0.05, 0.1) is 18.0 Å². The van der Waals surface area contributed by atoms with Crippen molar-refractivity contribution in [3.63, 3.8) is 0 Å². The van der Waals surface area contributed by atoms with Gasteiger partial charge < -0.3 is 15.0 Å². The van der Waals surface area contributed by atoms with Crippen LogP contribution in [0.4, 0.5) is 9.18 Å². The standard InChI is InChI=1S/C19H25FN4O2/c1-23(10-2-4-18-5-3-11-26-18)19(25)21-12-15-13-22-24(14-15)17-8-6-16(20)7-9-17/h6-9,13-14,18H,2-5,10-12H2,1H3,(H,21,25). The van der Waals surface area contributed by atoms with Gasteiger partial charge in [0.2, 0.25) is 0 Å². The molecule has 7 heteroatoms. The molecule has 1 saturated heterocycles. The van der Waals surface area contributed by atoms with Gasteiger partial charge in [-0.3, -0.25) is 0 Å². The molecule has 0 aliphatic carbocycles. The third-order valence-corrected chi connectivity index (χ3v) is 4.56. The number of hydrogen-bond acceptors (Lipinski definition) is 3. The van der Waals surface area contributed by atoms with Crippen LogP contribution in [-0.4, -0.2) is 47.0 Å². The zero-order valence-corrected chi connectivity index (χ0v) is 15.0. The number of rotatable bonds is 7. The Balaban J connectivity index is 1.41. The molecule has 0 spiro atoms. The Labute approximate surface area is 152 Å². The molecule has 140 valence electrons. The summed E-state index contributed by atoms with van der Waals surface area (Å²) in [6.45, 7) is 1.98. The van der Waals surface area contributed by atoms with E-state index in [4.69, 9.17) is 4.74 Å². The van der Waals surface area contributed by atoms with Crippen LogP contribution in [0.1, 0.15) is 31.2 Å². The lowest BCUT2D eigenvalue weighted by molar-refractivity contribution is 0.100. The molecule has 26 heavy (non-hydrogen) atoms. The molecule has 2 heterocycles. The predicted octanol–water partition coefficient (Wildman–Crippen LogP) is 3.11. The van der Waals surface area contributed by atoms with E-state index in [2.05, 4.69) is 10.4 Å². The van der Waals surface area contributed by atoms with Crippen LogP contribution in [0.15, 0.2) is 36.7 Å². The van der Waals surface area contributed by atoms with E-state index < -0.39 is 0 Å². The molecular weight excluding hydrogens is 335 g/mol. The molecule has 1 atom stereocenters. The molecule has 3 rings (SSSR count). The van der Waals surface area contributed by atoms with Gasteiger partial charge in [-0.2, -0.15) is 5.10 Å². The molecule has 0 bridgehead atoms. The van der Waals surface area contributed by atoms with Crippen molar-refractivity contribution in [2.45, 2.75) is 38.3 Å². The highest BCUT2D eigenvalue weighted by atomic mass is 19.1. The second kappa shape index (κ2) is 8.80. The number of nitrogens with zero attached hydrogens (tertiary/aromatic N) is 3. The van der Waals surface area contributed by atoms with Crippen molar-refractivity contribution in [1.82, 2.24) is 20.0 Å². The third kappa shape index (κ3) is 5.05. The number of ether oxygens (including phenoxy) is 1. The largest absolute Gasteiger partial charge is 0.378 e. The van der Waals surface area contributed by atoms with E-state index in [9.17, 15) is 9.18 Å². The Bertz CT molecular complexity index is 711. The van der Waals surface area contributed by atoms with Gasteiger partial charge in [0, 0.05) is 38.5 Å². The molecule has 2 amide bonds. The lowest BCUT2D eigenvalue weighted by atomic mass is 10.1. The van der Waals surface area contributed by atoms with Crippen LogP contribution in [-0.2, 0) is 11.3 Å². The van der Waals surface area contributed by atoms with E-state index in [0.717, 1.165) is 43.5 Å². The van der Waals surface area contributed by atoms with Crippen molar-refractivity contribution in [1.29, 1.82) is 0 Å². The summed E-state index contributed by atoms with van der Waals surface area (Å²) in [5.74, 6) is -0.282.